The van der Waals surface area contributed by atoms with Crippen molar-refractivity contribution < 1.29 is 4.79 Å². The lowest BCUT2D eigenvalue weighted by Crippen LogP contribution is -2.26. The van der Waals surface area contributed by atoms with Gasteiger partial charge in [0.05, 0.1) is 10.1 Å². The number of halogens is 2. The van der Waals surface area contributed by atoms with Crippen LogP contribution in [-0.2, 0) is 10.5 Å². The number of carbonyl (C=O) groups excluding carboxylic acids is 1. The fraction of sp³-hybridized carbons (Fsp3) is 0.300. The van der Waals surface area contributed by atoms with Crippen molar-refractivity contribution in [1.29, 1.82) is 0 Å². The average Bonchev–Trinajstić information content (AvgIpc) is 2.61. The highest BCUT2D eigenvalue weighted by molar-refractivity contribution is 9.11. The summed E-state index contributed by atoms with van der Waals surface area (Å²) in [6, 6.07) is 3.86. The molecule has 1 rings (SSSR count). The smallest absolute Gasteiger partial charge is 0.230 e. The van der Waals surface area contributed by atoms with Gasteiger partial charge in [-0.15, -0.1) is 23.1 Å². The zero-order chi connectivity index (χ0) is 12.0. The predicted molar refractivity (Wildman–Crippen MR) is 76.6 cm³/mol. The van der Waals surface area contributed by atoms with Gasteiger partial charge in [-0.05, 0) is 12.1 Å². The Kier molecular flexibility index (Phi) is 6.49. The number of rotatable bonds is 6. The minimum Gasteiger partial charge on any atom is -0.351 e. The van der Waals surface area contributed by atoms with Gasteiger partial charge < -0.3 is 5.32 Å². The molecule has 0 bridgehead atoms. The third-order valence-electron chi connectivity index (χ3n) is 1.58. The Balaban J connectivity index is 2.15. The number of carbonyl (C=O) groups is 1. The van der Waals surface area contributed by atoms with Crippen molar-refractivity contribution >= 4 is 56.5 Å². The first-order chi connectivity index (χ1) is 7.58. The second-order valence-electron chi connectivity index (χ2n) is 2.99. The number of hydrogen-bond acceptors (Lipinski definition) is 3. The van der Waals surface area contributed by atoms with Crippen LogP contribution in [0.15, 0.2) is 23.2 Å². The van der Waals surface area contributed by atoms with Gasteiger partial charge in [-0.2, -0.15) is 0 Å². The Bertz CT molecular complexity index is 381. The molecule has 6 heteroatoms. The lowest BCUT2D eigenvalue weighted by atomic mass is 10.5. The summed E-state index contributed by atoms with van der Waals surface area (Å²) in [6.45, 7) is 4.12. The summed E-state index contributed by atoms with van der Waals surface area (Å²) in [5.74, 6) is 1.30. The Morgan fingerprint density at radius 1 is 1.62 bits per heavy atom. The van der Waals surface area contributed by atoms with Gasteiger partial charge in [0.25, 0.3) is 0 Å². The van der Waals surface area contributed by atoms with Crippen LogP contribution in [0.2, 0.25) is 4.34 Å². The van der Waals surface area contributed by atoms with Crippen LogP contribution >= 0.6 is 50.6 Å². The normalized spacial score (nSPS) is 10.1. The standard InChI is InChI=1S/C10H11BrClNOS2/c1-7(11)4-13-10(14)6-15-5-8-2-3-9(12)16-8/h2-3H,1,4-6H2,(H,13,14). The van der Waals surface area contributed by atoms with Gasteiger partial charge in [-0.25, -0.2) is 0 Å². The van der Waals surface area contributed by atoms with E-state index >= 15 is 0 Å². The maximum Gasteiger partial charge on any atom is 0.230 e. The van der Waals surface area contributed by atoms with Crippen LogP contribution in [0.1, 0.15) is 4.88 Å². The van der Waals surface area contributed by atoms with E-state index in [9.17, 15) is 4.79 Å². The van der Waals surface area contributed by atoms with Gasteiger partial charge in [-0.1, -0.05) is 34.1 Å². The minimum atomic E-state index is 0.0215. The lowest BCUT2D eigenvalue weighted by Gasteiger charge is -2.02. The molecule has 0 fully saturated rings. The second-order valence-corrected chi connectivity index (χ2v) is 6.90. The molecular formula is C10H11BrClNOS2. The highest BCUT2D eigenvalue weighted by Gasteiger charge is 2.03. The van der Waals surface area contributed by atoms with Crippen molar-refractivity contribution in [2.24, 2.45) is 0 Å². The summed E-state index contributed by atoms with van der Waals surface area (Å²) >= 11 is 12.1. The van der Waals surface area contributed by atoms with Crippen LogP contribution in [-0.4, -0.2) is 18.2 Å². The molecular weight excluding hydrogens is 330 g/mol. The fourth-order valence-corrected chi connectivity index (χ4v) is 3.11. The maximum absolute atomic E-state index is 11.3. The summed E-state index contributed by atoms with van der Waals surface area (Å²) in [7, 11) is 0. The molecule has 16 heavy (non-hydrogen) atoms. The van der Waals surface area contributed by atoms with Crippen molar-refractivity contribution in [1.82, 2.24) is 5.32 Å². The van der Waals surface area contributed by atoms with Crippen molar-refractivity contribution in [2.75, 3.05) is 12.3 Å². The number of hydrogen-bond donors (Lipinski definition) is 1. The maximum atomic E-state index is 11.3. The zero-order valence-corrected chi connectivity index (χ0v) is 12.4. The monoisotopic (exact) mass is 339 g/mol. The van der Waals surface area contributed by atoms with Gasteiger partial charge in [0.2, 0.25) is 5.91 Å². The molecule has 0 aromatic carbocycles. The van der Waals surface area contributed by atoms with E-state index in [2.05, 4.69) is 27.8 Å². The van der Waals surface area contributed by atoms with Crippen molar-refractivity contribution in [2.45, 2.75) is 5.75 Å². The van der Waals surface area contributed by atoms with E-state index in [0.717, 1.165) is 14.6 Å². The quantitative estimate of drug-likeness (QED) is 0.856. The van der Waals surface area contributed by atoms with E-state index in [-0.39, 0.29) is 5.91 Å². The molecule has 0 unspecified atom stereocenters. The van der Waals surface area contributed by atoms with Crippen LogP contribution in [0.3, 0.4) is 0 Å². The van der Waals surface area contributed by atoms with Crippen LogP contribution in [0.25, 0.3) is 0 Å². The molecule has 0 saturated heterocycles. The van der Waals surface area contributed by atoms with Crippen molar-refractivity contribution in [3.63, 3.8) is 0 Å². The molecule has 0 atom stereocenters. The van der Waals surface area contributed by atoms with Gasteiger partial charge in [0, 0.05) is 21.7 Å². The predicted octanol–water partition coefficient (Wildman–Crippen LogP) is 3.66. The molecule has 1 heterocycles. The Hall–Kier alpha value is 0.0300. The van der Waals surface area contributed by atoms with E-state index in [0.29, 0.717) is 12.3 Å². The average molecular weight is 341 g/mol. The minimum absolute atomic E-state index is 0.0215. The molecule has 2 nitrogen and oxygen atoms in total. The fourth-order valence-electron chi connectivity index (χ4n) is 0.919. The summed E-state index contributed by atoms with van der Waals surface area (Å²) in [4.78, 5) is 12.5. The molecule has 1 amide bonds. The van der Waals surface area contributed by atoms with Gasteiger partial charge in [-0.3, -0.25) is 4.79 Å². The molecule has 0 aliphatic heterocycles. The van der Waals surface area contributed by atoms with Crippen LogP contribution in [0, 0.1) is 0 Å². The first-order valence-corrected chi connectivity index (χ1v) is 7.64. The molecule has 1 aromatic heterocycles. The molecule has 0 saturated carbocycles. The molecule has 0 aliphatic carbocycles. The number of thiophene rings is 1. The second kappa shape index (κ2) is 7.37. The van der Waals surface area contributed by atoms with E-state index < -0.39 is 0 Å². The third kappa shape index (κ3) is 5.94. The van der Waals surface area contributed by atoms with Gasteiger partial charge in [0.1, 0.15) is 0 Å². The summed E-state index contributed by atoms with van der Waals surface area (Å²) in [5.41, 5.74) is 0. The zero-order valence-electron chi connectivity index (χ0n) is 8.46. The van der Waals surface area contributed by atoms with Crippen LogP contribution < -0.4 is 5.32 Å². The lowest BCUT2D eigenvalue weighted by molar-refractivity contribution is -0.118. The topological polar surface area (TPSA) is 29.1 Å². The van der Waals surface area contributed by atoms with E-state index in [4.69, 9.17) is 11.6 Å². The number of amides is 1. The number of thioether (sulfide) groups is 1. The molecule has 88 valence electrons. The van der Waals surface area contributed by atoms with E-state index in [1.165, 1.54) is 4.88 Å². The van der Waals surface area contributed by atoms with E-state index in [1.807, 2.05) is 12.1 Å². The largest absolute Gasteiger partial charge is 0.351 e. The Morgan fingerprint density at radius 3 is 2.94 bits per heavy atom. The van der Waals surface area contributed by atoms with E-state index in [1.54, 1.807) is 23.1 Å². The van der Waals surface area contributed by atoms with Crippen molar-refractivity contribution in [3.8, 4) is 0 Å². The third-order valence-corrected chi connectivity index (χ3v) is 4.26. The van der Waals surface area contributed by atoms with Gasteiger partial charge in [0.15, 0.2) is 0 Å². The van der Waals surface area contributed by atoms with Crippen LogP contribution in [0.5, 0.6) is 0 Å². The molecule has 1 aromatic rings. The summed E-state index contributed by atoms with van der Waals surface area (Å²) < 4.78 is 1.56. The summed E-state index contributed by atoms with van der Waals surface area (Å²) in [5, 5.41) is 2.74. The molecule has 1 N–H and O–H groups in total. The first-order valence-electron chi connectivity index (χ1n) is 4.50. The Morgan fingerprint density at radius 2 is 2.38 bits per heavy atom. The van der Waals surface area contributed by atoms with Crippen LogP contribution in [0.4, 0.5) is 0 Å². The highest BCUT2D eigenvalue weighted by atomic mass is 79.9. The van der Waals surface area contributed by atoms with Crippen molar-refractivity contribution in [3.05, 3.63) is 32.4 Å². The summed E-state index contributed by atoms with van der Waals surface area (Å²) in [6.07, 6.45) is 0. The number of nitrogens with one attached hydrogen (secondary N) is 1. The molecule has 0 spiro atoms. The molecule has 0 radical (unpaired) electrons. The highest BCUT2D eigenvalue weighted by Crippen LogP contribution is 2.24. The molecule has 0 aliphatic rings. The van der Waals surface area contributed by atoms with Gasteiger partial charge >= 0.3 is 0 Å². The Labute approximate surface area is 117 Å². The SMILES string of the molecule is C=C(Br)CNC(=O)CSCc1ccc(Cl)s1. The first kappa shape index (κ1) is 14.1.